The molecule has 2 rings (SSSR count). The maximum absolute atomic E-state index is 13.7. The second kappa shape index (κ2) is 5.95. The highest BCUT2D eigenvalue weighted by Gasteiger charge is 2.20. The van der Waals surface area contributed by atoms with Crippen molar-refractivity contribution < 1.29 is 9.50 Å². The highest BCUT2D eigenvalue weighted by Crippen LogP contribution is 2.21. The van der Waals surface area contributed by atoms with Crippen LogP contribution in [0.3, 0.4) is 0 Å². The summed E-state index contributed by atoms with van der Waals surface area (Å²) in [5, 5.41) is 10.1. The molecule has 0 spiro atoms. The van der Waals surface area contributed by atoms with Crippen LogP contribution in [-0.2, 0) is 6.42 Å². The standard InChI is InChI=1S/C16H18FNO/c1-11-7-8-14(17)13(9-11)16(18)15(19)10-12-5-3-2-4-6-12/h2-9,15-16,19H,10,18H2,1H3/t15-,16+/m0/s1. The van der Waals surface area contributed by atoms with E-state index in [0.29, 0.717) is 12.0 Å². The molecule has 2 aromatic rings. The normalized spacial score (nSPS) is 14.1. The maximum Gasteiger partial charge on any atom is 0.128 e. The van der Waals surface area contributed by atoms with Gasteiger partial charge in [0.15, 0.2) is 0 Å². The fourth-order valence-electron chi connectivity index (χ4n) is 2.11. The van der Waals surface area contributed by atoms with Gasteiger partial charge in [0.2, 0.25) is 0 Å². The van der Waals surface area contributed by atoms with Crippen molar-refractivity contribution in [2.45, 2.75) is 25.5 Å². The third-order valence-electron chi connectivity index (χ3n) is 3.21. The number of hydrogen-bond acceptors (Lipinski definition) is 2. The van der Waals surface area contributed by atoms with Crippen molar-refractivity contribution in [2.75, 3.05) is 0 Å². The molecule has 3 heteroatoms. The van der Waals surface area contributed by atoms with Crippen LogP contribution in [0.5, 0.6) is 0 Å². The van der Waals surface area contributed by atoms with Gasteiger partial charge in [0.05, 0.1) is 12.1 Å². The van der Waals surface area contributed by atoms with E-state index < -0.39 is 12.1 Å². The number of aliphatic hydroxyl groups excluding tert-OH is 1. The van der Waals surface area contributed by atoms with Crippen LogP contribution < -0.4 is 5.73 Å². The predicted octanol–water partition coefficient (Wildman–Crippen LogP) is 2.74. The van der Waals surface area contributed by atoms with Crippen molar-refractivity contribution in [1.29, 1.82) is 0 Å². The zero-order valence-electron chi connectivity index (χ0n) is 10.9. The second-order valence-corrected chi connectivity index (χ2v) is 4.81. The maximum atomic E-state index is 13.7. The first-order chi connectivity index (χ1) is 9.08. The average Bonchev–Trinajstić information content (AvgIpc) is 2.42. The quantitative estimate of drug-likeness (QED) is 0.887. The van der Waals surface area contributed by atoms with Gasteiger partial charge in [-0.05, 0) is 18.6 Å². The molecule has 2 atom stereocenters. The molecule has 3 N–H and O–H groups in total. The van der Waals surface area contributed by atoms with E-state index in [1.54, 1.807) is 12.1 Å². The molecular weight excluding hydrogens is 241 g/mol. The molecule has 0 heterocycles. The molecule has 2 aromatic carbocycles. The molecule has 0 aromatic heterocycles. The van der Waals surface area contributed by atoms with Gasteiger partial charge in [0, 0.05) is 12.0 Å². The number of benzene rings is 2. The van der Waals surface area contributed by atoms with Crippen LogP contribution in [0.1, 0.15) is 22.7 Å². The number of rotatable bonds is 4. The van der Waals surface area contributed by atoms with E-state index in [9.17, 15) is 9.50 Å². The molecule has 0 aliphatic rings. The van der Waals surface area contributed by atoms with Crippen LogP contribution in [-0.4, -0.2) is 11.2 Å². The van der Waals surface area contributed by atoms with E-state index >= 15 is 0 Å². The molecule has 0 fully saturated rings. The van der Waals surface area contributed by atoms with Crippen molar-refractivity contribution >= 4 is 0 Å². The van der Waals surface area contributed by atoms with Gasteiger partial charge in [-0.15, -0.1) is 0 Å². The van der Waals surface area contributed by atoms with E-state index in [1.165, 1.54) is 6.07 Å². The summed E-state index contributed by atoms with van der Waals surface area (Å²) in [5.74, 6) is -0.370. The topological polar surface area (TPSA) is 46.2 Å². The minimum Gasteiger partial charge on any atom is -0.391 e. The fourth-order valence-corrected chi connectivity index (χ4v) is 2.11. The van der Waals surface area contributed by atoms with Crippen molar-refractivity contribution in [1.82, 2.24) is 0 Å². The second-order valence-electron chi connectivity index (χ2n) is 4.81. The third-order valence-corrected chi connectivity index (χ3v) is 3.21. The smallest absolute Gasteiger partial charge is 0.128 e. The van der Waals surface area contributed by atoms with Crippen LogP contribution >= 0.6 is 0 Å². The molecular formula is C16H18FNO. The predicted molar refractivity (Wildman–Crippen MR) is 74.2 cm³/mol. The first-order valence-electron chi connectivity index (χ1n) is 6.31. The molecule has 0 bridgehead atoms. The summed E-state index contributed by atoms with van der Waals surface area (Å²) in [7, 11) is 0. The van der Waals surface area contributed by atoms with E-state index in [4.69, 9.17) is 5.73 Å². The zero-order chi connectivity index (χ0) is 13.8. The SMILES string of the molecule is Cc1ccc(F)c([C@@H](N)[C@@H](O)Cc2ccccc2)c1. The summed E-state index contributed by atoms with van der Waals surface area (Å²) < 4.78 is 13.7. The highest BCUT2D eigenvalue weighted by molar-refractivity contribution is 5.28. The molecule has 100 valence electrons. The molecule has 0 aliphatic heterocycles. The summed E-state index contributed by atoms with van der Waals surface area (Å²) in [6, 6.07) is 13.6. The van der Waals surface area contributed by atoms with Gasteiger partial charge in [-0.3, -0.25) is 0 Å². The number of aliphatic hydroxyl groups is 1. The molecule has 0 amide bonds. The summed E-state index contributed by atoms with van der Waals surface area (Å²) in [4.78, 5) is 0. The molecule has 19 heavy (non-hydrogen) atoms. The Morgan fingerprint density at radius 2 is 1.84 bits per heavy atom. The Bertz CT molecular complexity index is 542. The molecule has 0 aliphatic carbocycles. The Morgan fingerprint density at radius 1 is 1.16 bits per heavy atom. The Hall–Kier alpha value is -1.71. The van der Waals surface area contributed by atoms with Gasteiger partial charge in [0.25, 0.3) is 0 Å². The van der Waals surface area contributed by atoms with Gasteiger partial charge < -0.3 is 10.8 Å². The van der Waals surface area contributed by atoms with Gasteiger partial charge in [-0.1, -0.05) is 48.0 Å². The van der Waals surface area contributed by atoms with Gasteiger partial charge >= 0.3 is 0 Å². The Morgan fingerprint density at radius 3 is 2.53 bits per heavy atom. The lowest BCUT2D eigenvalue weighted by molar-refractivity contribution is 0.143. The van der Waals surface area contributed by atoms with Crippen molar-refractivity contribution in [3.63, 3.8) is 0 Å². The summed E-state index contributed by atoms with van der Waals surface area (Å²) in [6.45, 7) is 1.87. The summed E-state index contributed by atoms with van der Waals surface area (Å²) in [5.41, 5.74) is 8.24. The summed E-state index contributed by atoms with van der Waals surface area (Å²) >= 11 is 0. The third kappa shape index (κ3) is 3.40. The fraction of sp³-hybridized carbons (Fsp3) is 0.250. The Labute approximate surface area is 112 Å². The average molecular weight is 259 g/mol. The van der Waals surface area contributed by atoms with Gasteiger partial charge in [0.1, 0.15) is 5.82 Å². The Kier molecular flexibility index (Phi) is 4.30. The van der Waals surface area contributed by atoms with E-state index in [2.05, 4.69) is 0 Å². The van der Waals surface area contributed by atoms with Crippen LogP contribution in [0.2, 0.25) is 0 Å². The molecule has 2 nitrogen and oxygen atoms in total. The lowest BCUT2D eigenvalue weighted by atomic mass is 9.95. The largest absolute Gasteiger partial charge is 0.391 e. The monoisotopic (exact) mass is 259 g/mol. The van der Waals surface area contributed by atoms with Crippen LogP contribution in [0.4, 0.5) is 4.39 Å². The van der Waals surface area contributed by atoms with Crippen LogP contribution in [0.15, 0.2) is 48.5 Å². The number of aryl methyl sites for hydroxylation is 1. The van der Waals surface area contributed by atoms with Gasteiger partial charge in [-0.2, -0.15) is 0 Å². The highest BCUT2D eigenvalue weighted by atomic mass is 19.1. The lowest BCUT2D eigenvalue weighted by Crippen LogP contribution is -2.29. The van der Waals surface area contributed by atoms with E-state index in [-0.39, 0.29) is 5.82 Å². The van der Waals surface area contributed by atoms with Crippen molar-refractivity contribution in [3.8, 4) is 0 Å². The van der Waals surface area contributed by atoms with Crippen molar-refractivity contribution in [2.24, 2.45) is 5.73 Å². The first kappa shape index (κ1) is 13.7. The minimum atomic E-state index is -0.807. The molecule has 0 unspecified atom stereocenters. The number of nitrogens with two attached hydrogens (primary N) is 1. The van der Waals surface area contributed by atoms with E-state index in [1.807, 2.05) is 37.3 Å². The minimum absolute atomic E-state index is 0.364. The molecule has 0 saturated carbocycles. The first-order valence-corrected chi connectivity index (χ1v) is 6.31. The molecule has 0 saturated heterocycles. The number of hydrogen-bond donors (Lipinski definition) is 2. The lowest BCUT2D eigenvalue weighted by Gasteiger charge is -2.20. The van der Waals surface area contributed by atoms with Crippen molar-refractivity contribution in [3.05, 3.63) is 71.0 Å². The summed E-state index contributed by atoms with van der Waals surface area (Å²) in [6.07, 6.45) is -0.395. The number of halogens is 1. The zero-order valence-corrected chi connectivity index (χ0v) is 10.9. The van der Waals surface area contributed by atoms with E-state index in [0.717, 1.165) is 11.1 Å². The molecule has 0 radical (unpaired) electrons. The van der Waals surface area contributed by atoms with Gasteiger partial charge in [-0.25, -0.2) is 4.39 Å². The van der Waals surface area contributed by atoms with Crippen LogP contribution in [0.25, 0.3) is 0 Å². The Balaban J connectivity index is 2.14. The van der Waals surface area contributed by atoms with Crippen LogP contribution in [0, 0.1) is 12.7 Å².